The number of amides is 2. The zero-order valence-electron chi connectivity index (χ0n) is 11.8. The van der Waals surface area contributed by atoms with E-state index in [1.807, 2.05) is 6.07 Å². The molecular formula is C15H19N3O3. The van der Waals surface area contributed by atoms with Crippen molar-refractivity contribution in [3.63, 3.8) is 0 Å². The van der Waals surface area contributed by atoms with Crippen LogP contribution in [0, 0.1) is 0 Å². The Hall–Kier alpha value is -2.08. The van der Waals surface area contributed by atoms with Crippen molar-refractivity contribution < 1.29 is 14.6 Å². The van der Waals surface area contributed by atoms with E-state index in [9.17, 15) is 9.90 Å². The summed E-state index contributed by atoms with van der Waals surface area (Å²) in [5.41, 5.74) is 5.12. The molecule has 2 aliphatic rings. The molecule has 1 heterocycles. The van der Waals surface area contributed by atoms with Crippen LogP contribution in [0.1, 0.15) is 30.4 Å². The molecule has 112 valence electrons. The first-order valence-electron chi connectivity index (χ1n) is 7.27. The van der Waals surface area contributed by atoms with Crippen LogP contribution in [0.5, 0.6) is 5.75 Å². The number of urea groups is 1. The van der Waals surface area contributed by atoms with Gasteiger partial charge in [-0.15, -0.1) is 0 Å². The summed E-state index contributed by atoms with van der Waals surface area (Å²) in [6.07, 6.45) is 3.63. The zero-order chi connectivity index (χ0) is 14.7. The van der Waals surface area contributed by atoms with Crippen LogP contribution in [0.3, 0.4) is 0 Å². The van der Waals surface area contributed by atoms with Crippen molar-refractivity contribution in [3.8, 4) is 5.75 Å². The van der Waals surface area contributed by atoms with Gasteiger partial charge < -0.3 is 15.2 Å². The molecule has 1 aromatic carbocycles. The Kier molecular flexibility index (Phi) is 4.06. The van der Waals surface area contributed by atoms with Crippen LogP contribution < -0.4 is 10.7 Å². The van der Waals surface area contributed by atoms with Crippen LogP contribution >= 0.6 is 0 Å². The number of nitrogens with zero attached hydrogens (tertiary/aromatic N) is 1. The fourth-order valence-electron chi connectivity index (χ4n) is 2.77. The number of hydrazone groups is 1. The average molecular weight is 289 g/mol. The van der Waals surface area contributed by atoms with Crippen molar-refractivity contribution in [2.75, 3.05) is 13.2 Å². The Morgan fingerprint density at radius 2 is 2.33 bits per heavy atom. The standard InChI is InChI=1S/C15H19N3O3/c19-14-5-1-4-11-12(14)6-7-13(11)17-18-15(20)16-9-10-3-2-8-21-10/h1,4-5,10,19H,2-3,6-9H2,(H2,16,18,20). The highest BCUT2D eigenvalue weighted by atomic mass is 16.5. The molecule has 1 aromatic rings. The van der Waals surface area contributed by atoms with E-state index in [4.69, 9.17) is 4.74 Å². The van der Waals surface area contributed by atoms with Gasteiger partial charge in [-0.1, -0.05) is 12.1 Å². The molecule has 21 heavy (non-hydrogen) atoms. The maximum atomic E-state index is 11.7. The lowest BCUT2D eigenvalue weighted by molar-refractivity contribution is 0.111. The fourth-order valence-corrected chi connectivity index (χ4v) is 2.77. The molecule has 6 nitrogen and oxygen atoms in total. The highest BCUT2D eigenvalue weighted by Crippen LogP contribution is 2.29. The van der Waals surface area contributed by atoms with Gasteiger partial charge in [0.25, 0.3) is 0 Å². The lowest BCUT2D eigenvalue weighted by Gasteiger charge is -2.10. The van der Waals surface area contributed by atoms with Crippen LogP contribution in [0.25, 0.3) is 0 Å². The zero-order valence-corrected chi connectivity index (χ0v) is 11.8. The fraction of sp³-hybridized carbons (Fsp3) is 0.467. The van der Waals surface area contributed by atoms with E-state index in [1.165, 1.54) is 0 Å². The Bertz CT molecular complexity index is 565. The molecule has 1 aliphatic carbocycles. The smallest absolute Gasteiger partial charge is 0.335 e. The summed E-state index contributed by atoms with van der Waals surface area (Å²) in [5, 5.41) is 16.7. The number of aromatic hydroxyl groups is 1. The van der Waals surface area contributed by atoms with Gasteiger partial charge in [0, 0.05) is 24.3 Å². The highest BCUT2D eigenvalue weighted by molar-refractivity contribution is 6.05. The highest BCUT2D eigenvalue weighted by Gasteiger charge is 2.21. The minimum absolute atomic E-state index is 0.118. The van der Waals surface area contributed by atoms with E-state index in [1.54, 1.807) is 12.1 Å². The number of rotatable bonds is 3. The van der Waals surface area contributed by atoms with Gasteiger partial charge in [0.15, 0.2) is 0 Å². The number of ether oxygens (including phenoxy) is 1. The molecule has 1 atom stereocenters. The predicted octanol–water partition coefficient (Wildman–Crippen LogP) is 1.52. The summed E-state index contributed by atoms with van der Waals surface area (Å²) < 4.78 is 5.43. The Morgan fingerprint density at radius 1 is 1.43 bits per heavy atom. The van der Waals surface area contributed by atoms with E-state index >= 15 is 0 Å². The lowest BCUT2D eigenvalue weighted by Crippen LogP contribution is -2.37. The Morgan fingerprint density at radius 3 is 3.14 bits per heavy atom. The SMILES string of the molecule is O=C(NCC1CCCO1)NN=C1CCc2c(O)cccc21. The number of phenols is 1. The first kappa shape index (κ1) is 13.9. The quantitative estimate of drug-likeness (QED) is 0.738. The second kappa shape index (κ2) is 6.13. The van der Waals surface area contributed by atoms with Gasteiger partial charge in [-0.3, -0.25) is 0 Å². The lowest BCUT2D eigenvalue weighted by atomic mass is 10.1. The van der Waals surface area contributed by atoms with E-state index in [2.05, 4.69) is 15.8 Å². The maximum Gasteiger partial charge on any atom is 0.335 e. The number of carbonyl (C=O) groups excluding carboxylic acids is 1. The molecule has 3 rings (SSSR count). The first-order chi connectivity index (χ1) is 10.2. The van der Waals surface area contributed by atoms with Gasteiger partial charge in [-0.25, -0.2) is 10.2 Å². The molecule has 1 saturated heterocycles. The summed E-state index contributed by atoms with van der Waals surface area (Å²) in [6, 6.07) is 5.04. The van der Waals surface area contributed by atoms with E-state index in [0.29, 0.717) is 12.3 Å². The number of carbonyl (C=O) groups is 1. The van der Waals surface area contributed by atoms with Crippen LogP contribution in [0.15, 0.2) is 23.3 Å². The molecule has 0 aromatic heterocycles. The minimum atomic E-state index is -0.327. The monoisotopic (exact) mass is 289 g/mol. The normalized spacial score (nSPS) is 22.3. The number of nitrogens with one attached hydrogen (secondary N) is 2. The number of benzene rings is 1. The van der Waals surface area contributed by atoms with Crippen LogP contribution in [-0.2, 0) is 11.2 Å². The van der Waals surface area contributed by atoms with Gasteiger partial charge in [-0.05, 0) is 31.7 Å². The van der Waals surface area contributed by atoms with Crippen molar-refractivity contribution in [2.24, 2.45) is 5.10 Å². The van der Waals surface area contributed by atoms with Gasteiger partial charge >= 0.3 is 6.03 Å². The van der Waals surface area contributed by atoms with Crippen molar-refractivity contribution in [3.05, 3.63) is 29.3 Å². The van der Waals surface area contributed by atoms with E-state index in [-0.39, 0.29) is 12.1 Å². The molecule has 0 radical (unpaired) electrons. The Balaban J connectivity index is 1.55. The van der Waals surface area contributed by atoms with Gasteiger partial charge in [0.2, 0.25) is 0 Å². The van der Waals surface area contributed by atoms with Crippen molar-refractivity contribution >= 4 is 11.7 Å². The second-order valence-electron chi connectivity index (χ2n) is 5.32. The third kappa shape index (κ3) is 3.16. The third-order valence-electron chi connectivity index (χ3n) is 3.88. The number of fused-ring (bicyclic) bond motifs is 1. The Labute approximate surface area is 123 Å². The molecular weight excluding hydrogens is 270 g/mol. The summed E-state index contributed by atoms with van der Waals surface area (Å²) in [4.78, 5) is 11.7. The minimum Gasteiger partial charge on any atom is -0.508 e. The number of hydrogen-bond acceptors (Lipinski definition) is 4. The third-order valence-corrected chi connectivity index (χ3v) is 3.88. The molecule has 0 spiro atoms. The van der Waals surface area contributed by atoms with Crippen molar-refractivity contribution in [1.29, 1.82) is 0 Å². The number of phenolic OH excluding ortho intramolecular Hbond substituents is 1. The first-order valence-corrected chi connectivity index (χ1v) is 7.27. The summed E-state index contributed by atoms with van der Waals surface area (Å²) in [6.45, 7) is 1.28. The van der Waals surface area contributed by atoms with Crippen molar-refractivity contribution in [2.45, 2.75) is 31.8 Å². The second-order valence-corrected chi connectivity index (χ2v) is 5.32. The van der Waals surface area contributed by atoms with Crippen molar-refractivity contribution in [1.82, 2.24) is 10.7 Å². The molecule has 3 N–H and O–H groups in total. The summed E-state index contributed by atoms with van der Waals surface area (Å²) in [5.74, 6) is 0.292. The molecule has 0 bridgehead atoms. The van der Waals surface area contributed by atoms with Crippen LogP contribution in [0.4, 0.5) is 4.79 Å². The van der Waals surface area contributed by atoms with Crippen LogP contribution in [0.2, 0.25) is 0 Å². The average Bonchev–Trinajstić information content (AvgIpc) is 3.13. The van der Waals surface area contributed by atoms with Gasteiger partial charge in [0.05, 0.1) is 11.8 Å². The summed E-state index contributed by atoms with van der Waals surface area (Å²) >= 11 is 0. The predicted molar refractivity (Wildman–Crippen MR) is 78.5 cm³/mol. The molecule has 2 amide bonds. The topological polar surface area (TPSA) is 83.0 Å². The maximum absolute atomic E-state index is 11.7. The molecule has 1 aliphatic heterocycles. The molecule has 6 heteroatoms. The number of hydrogen-bond donors (Lipinski definition) is 3. The molecule has 1 fully saturated rings. The van der Waals surface area contributed by atoms with Gasteiger partial charge in [-0.2, -0.15) is 5.10 Å². The molecule has 1 unspecified atom stereocenters. The van der Waals surface area contributed by atoms with Crippen LogP contribution in [-0.4, -0.2) is 36.1 Å². The largest absolute Gasteiger partial charge is 0.508 e. The van der Waals surface area contributed by atoms with E-state index < -0.39 is 0 Å². The van der Waals surface area contributed by atoms with E-state index in [0.717, 1.165) is 49.1 Å². The molecule has 0 saturated carbocycles. The van der Waals surface area contributed by atoms with Gasteiger partial charge in [0.1, 0.15) is 5.75 Å². The summed E-state index contributed by atoms with van der Waals surface area (Å²) in [7, 11) is 0.